The Hall–Kier alpha value is -1.58. The van der Waals surface area contributed by atoms with E-state index in [1.165, 1.54) is 0 Å². The fourth-order valence-electron chi connectivity index (χ4n) is 2.95. The molecule has 0 radical (unpaired) electrons. The highest BCUT2D eigenvalue weighted by Crippen LogP contribution is 2.53. The fourth-order valence-corrected chi connectivity index (χ4v) is 4.37. The number of hydrogen-bond donors (Lipinski definition) is 1. The predicted molar refractivity (Wildman–Crippen MR) is 145 cm³/mol. The van der Waals surface area contributed by atoms with Crippen LogP contribution in [0.25, 0.3) is 10.9 Å². The van der Waals surface area contributed by atoms with Gasteiger partial charge < -0.3 is 19.3 Å². The summed E-state index contributed by atoms with van der Waals surface area (Å²) in [7, 11) is -3.91. The highest BCUT2D eigenvalue weighted by atomic mass is 31.2. The number of para-hydroxylation sites is 1. The third kappa shape index (κ3) is 15.4. The minimum Gasteiger partial charge on any atom is -0.493 e. The predicted octanol–water partition coefficient (Wildman–Crippen LogP) is 7.57. The number of phosphoric ester groups is 1. The molecule has 1 aromatic carbocycles. The number of aromatic hydroxyl groups is 1. The maximum Gasteiger partial charge on any atom is 0.481 e. The first-order valence-corrected chi connectivity index (χ1v) is 14.7. The Bertz CT molecular complexity index is 847. The molecule has 0 aliphatic heterocycles. The van der Waals surface area contributed by atoms with E-state index >= 15 is 0 Å². The molecule has 212 valence electrons. The van der Waals surface area contributed by atoms with E-state index in [4.69, 9.17) is 32.9 Å². The first kappa shape index (κ1) is 33.4. The van der Waals surface area contributed by atoms with E-state index in [-0.39, 0.29) is 5.88 Å². The zero-order valence-electron chi connectivity index (χ0n) is 23.3. The van der Waals surface area contributed by atoms with Crippen molar-refractivity contribution in [3.63, 3.8) is 0 Å². The Labute approximate surface area is 222 Å². The fraction of sp³-hybridized carbons (Fsp3) is 0.667. The number of hydrogen-bond acceptors (Lipinski definition) is 9. The van der Waals surface area contributed by atoms with Crippen molar-refractivity contribution >= 4 is 18.7 Å². The van der Waals surface area contributed by atoms with Crippen LogP contribution in [0.2, 0.25) is 0 Å². The quantitative estimate of drug-likeness (QED) is 0.116. The highest BCUT2D eigenvalue weighted by Gasteiger charge is 2.35. The molecule has 1 N–H and O–H groups in total. The second-order valence-electron chi connectivity index (χ2n) is 8.50. The van der Waals surface area contributed by atoms with Crippen molar-refractivity contribution in [1.29, 1.82) is 0 Å². The van der Waals surface area contributed by atoms with Crippen LogP contribution in [0.3, 0.4) is 0 Å². The summed E-state index contributed by atoms with van der Waals surface area (Å²) < 4.78 is 45.9. The summed E-state index contributed by atoms with van der Waals surface area (Å²) >= 11 is 0. The van der Waals surface area contributed by atoms with Crippen LogP contribution in [-0.2, 0) is 32.3 Å². The van der Waals surface area contributed by atoms with E-state index in [0.29, 0.717) is 19.8 Å². The lowest BCUT2D eigenvalue weighted by Gasteiger charge is -2.26. The van der Waals surface area contributed by atoms with Crippen LogP contribution >= 0.6 is 7.82 Å². The molecule has 10 heteroatoms. The van der Waals surface area contributed by atoms with Gasteiger partial charge in [0.25, 0.3) is 0 Å². The lowest BCUT2D eigenvalue weighted by molar-refractivity contribution is -0.148. The molecule has 0 aliphatic rings. The molecular formula is C27H46NO8P. The number of benzene rings is 1. The zero-order chi connectivity index (χ0) is 27.5. The molecule has 0 spiro atoms. The lowest BCUT2D eigenvalue weighted by Crippen LogP contribution is -2.22. The van der Waals surface area contributed by atoms with Crippen molar-refractivity contribution in [3.8, 4) is 5.88 Å². The number of aromatic nitrogens is 1. The maximum absolute atomic E-state index is 13.0. The highest BCUT2D eigenvalue weighted by molar-refractivity contribution is 7.48. The van der Waals surface area contributed by atoms with Gasteiger partial charge in [-0.15, -0.1) is 0 Å². The van der Waals surface area contributed by atoms with E-state index in [1.807, 2.05) is 30.3 Å². The maximum atomic E-state index is 13.0. The summed E-state index contributed by atoms with van der Waals surface area (Å²) in [4.78, 5) is 3.93. The van der Waals surface area contributed by atoms with Crippen LogP contribution in [0.1, 0.15) is 80.1 Å². The average Bonchev–Trinajstić information content (AvgIpc) is 2.84. The van der Waals surface area contributed by atoms with Crippen molar-refractivity contribution in [2.75, 3.05) is 19.8 Å². The molecule has 0 amide bonds. The molecule has 0 fully saturated rings. The van der Waals surface area contributed by atoms with Gasteiger partial charge in [0, 0.05) is 31.3 Å². The Kier molecular flexibility index (Phi) is 17.6. The van der Waals surface area contributed by atoms with Gasteiger partial charge >= 0.3 is 7.82 Å². The minimum absolute atomic E-state index is 0.0729. The van der Waals surface area contributed by atoms with Crippen LogP contribution in [-0.4, -0.2) is 48.8 Å². The summed E-state index contributed by atoms with van der Waals surface area (Å²) in [5.41, 5.74) is 0.826. The lowest BCUT2D eigenvalue weighted by atomic mass is 10.2. The standard InChI is InChI=1S/C18H39O7P.C9H7NO/c1-7-10-13-20-16(4)23-26(19,24-17(5)21-14-11-8-2)25-18(6)22-15-12-9-3;11-9-6-5-7-3-1-2-4-8(7)10-9/h16-18H,7-15H2,1-6H3;1-6H,(H,10,11). The van der Waals surface area contributed by atoms with Gasteiger partial charge in [-0.1, -0.05) is 58.2 Å². The first-order valence-electron chi connectivity index (χ1n) is 13.3. The topological polar surface area (TPSA) is 106 Å². The van der Waals surface area contributed by atoms with Crippen molar-refractivity contribution in [2.24, 2.45) is 0 Å². The van der Waals surface area contributed by atoms with Crippen LogP contribution in [0.15, 0.2) is 36.4 Å². The van der Waals surface area contributed by atoms with E-state index in [9.17, 15) is 4.57 Å². The molecule has 0 saturated heterocycles. The number of phosphoric acid groups is 1. The molecule has 2 rings (SSSR count). The van der Waals surface area contributed by atoms with Crippen LogP contribution < -0.4 is 0 Å². The SMILES string of the molecule is CCCCOC(C)OP(=O)(OC(C)OCCCC)OC(C)OCCCC.Oc1ccc2ccccc2n1. The van der Waals surface area contributed by atoms with Gasteiger partial charge in [-0.3, -0.25) is 13.6 Å². The van der Waals surface area contributed by atoms with Gasteiger partial charge in [0.1, 0.15) is 0 Å². The van der Waals surface area contributed by atoms with Crippen molar-refractivity contribution in [1.82, 2.24) is 4.98 Å². The molecule has 1 aromatic heterocycles. The zero-order valence-corrected chi connectivity index (χ0v) is 24.2. The molecule has 0 saturated carbocycles. The van der Waals surface area contributed by atoms with E-state index < -0.39 is 26.7 Å². The van der Waals surface area contributed by atoms with Gasteiger partial charge in [-0.05, 0) is 52.2 Å². The summed E-state index contributed by atoms with van der Waals surface area (Å²) in [6.07, 6.45) is 3.52. The molecule has 1 heterocycles. The smallest absolute Gasteiger partial charge is 0.481 e. The average molecular weight is 544 g/mol. The van der Waals surface area contributed by atoms with Crippen molar-refractivity contribution in [3.05, 3.63) is 36.4 Å². The monoisotopic (exact) mass is 543 g/mol. The second-order valence-corrected chi connectivity index (χ2v) is 10.0. The summed E-state index contributed by atoms with van der Waals surface area (Å²) in [5, 5.41) is 10.1. The van der Waals surface area contributed by atoms with E-state index in [1.54, 1.807) is 26.8 Å². The Balaban J connectivity index is 0.000000506. The van der Waals surface area contributed by atoms with Gasteiger partial charge in [0.05, 0.1) is 5.52 Å². The molecule has 0 bridgehead atoms. The number of fused-ring (bicyclic) bond motifs is 1. The molecular weight excluding hydrogens is 497 g/mol. The second kappa shape index (κ2) is 19.5. The van der Waals surface area contributed by atoms with Gasteiger partial charge in [-0.25, -0.2) is 9.55 Å². The Morgan fingerprint density at radius 3 is 1.59 bits per heavy atom. The largest absolute Gasteiger partial charge is 0.493 e. The van der Waals surface area contributed by atoms with Gasteiger partial charge in [0.15, 0.2) is 18.9 Å². The van der Waals surface area contributed by atoms with Crippen LogP contribution in [0.4, 0.5) is 0 Å². The van der Waals surface area contributed by atoms with Gasteiger partial charge in [0.2, 0.25) is 5.88 Å². The molecule has 0 aliphatic carbocycles. The normalized spacial score (nSPS) is 15.4. The molecule has 3 atom stereocenters. The third-order valence-electron chi connectivity index (χ3n) is 4.97. The number of rotatable bonds is 18. The molecule has 3 unspecified atom stereocenters. The van der Waals surface area contributed by atoms with Crippen LogP contribution in [0, 0.1) is 0 Å². The van der Waals surface area contributed by atoms with E-state index in [2.05, 4.69) is 25.8 Å². The number of ether oxygens (including phenoxy) is 3. The first-order chi connectivity index (χ1) is 17.7. The summed E-state index contributed by atoms with van der Waals surface area (Å²) in [6, 6.07) is 11.1. The number of pyridine rings is 1. The van der Waals surface area contributed by atoms with Crippen LogP contribution in [0.5, 0.6) is 5.88 Å². The summed E-state index contributed by atoms with van der Waals surface area (Å²) in [6.45, 7) is 12.7. The summed E-state index contributed by atoms with van der Waals surface area (Å²) in [5.74, 6) is 0.0729. The molecule has 9 nitrogen and oxygen atoms in total. The number of unbranched alkanes of at least 4 members (excludes halogenated alkanes) is 3. The minimum atomic E-state index is -3.91. The Morgan fingerprint density at radius 2 is 1.16 bits per heavy atom. The third-order valence-corrected chi connectivity index (χ3v) is 6.63. The molecule has 2 aromatic rings. The Morgan fingerprint density at radius 1 is 0.730 bits per heavy atom. The van der Waals surface area contributed by atoms with Crippen molar-refractivity contribution < 1.29 is 37.5 Å². The molecule has 37 heavy (non-hydrogen) atoms. The van der Waals surface area contributed by atoms with Crippen molar-refractivity contribution in [2.45, 2.75) is 98.9 Å². The van der Waals surface area contributed by atoms with Gasteiger partial charge in [-0.2, -0.15) is 0 Å². The van der Waals surface area contributed by atoms with E-state index in [0.717, 1.165) is 49.4 Å². The number of nitrogens with zero attached hydrogens (tertiary/aromatic N) is 1.